The maximum Gasteiger partial charge on any atom is 0.394 e. The van der Waals surface area contributed by atoms with E-state index in [1.54, 1.807) is 20.8 Å². The summed E-state index contributed by atoms with van der Waals surface area (Å²) in [6.07, 6.45) is 0. The van der Waals surface area contributed by atoms with E-state index < -0.39 is 16.0 Å². The molecule has 2 N–H and O–H groups in total. The van der Waals surface area contributed by atoms with Crippen LogP contribution in [0.3, 0.4) is 0 Å². The zero-order valence-corrected chi connectivity index (χ0v) is 7.70. The molecular formula is C4H11NO6S. The van der Waals surface area contributed by atoms with Crippen molar-refractivity contribution in [2.24, 2.45) is 5.34 Å². The van der Waals surface area contributed by atoms with Gasteiger partial charge in [-0.15, -0.1) is 4.91 Å². The summed E-state index contributed by atoms with van der Waals surface area (Å²) in [7, 11) is -4.67. The molecule has 0 amide bonds. The summed E-state index contributed by atoms with van der Waals surface area (Å²) in [6.45, 7) is 5.28. The quantitative estimate of drug-likeness (QED) is 0.369. The second-order valence-corrected chi connectivity index (χ2v) is 3.62. The molecule has 0 aromatic heterocycles. The molecule has 0 unspecified atom stereocenters. The molecule has 0 aliphatic rings. The molecule has 0 aliphatic heterocycles. The molecule has 0 radical (unpaired) electrons. The zero-order chi connectivity index (χ0) is 10.4. The van der Waals surface area contributed by atoms with Gasteiger partial charge in [0.15, 0.2) is 5.34 Å². The van der Waals surface area contributed by atoms with E-state index in [1.807, 2.05) is 0 Å². The Bertz CT molecular complexity index is 206. The Hall–Kier alpha value is -0.730. The molecule has 0 saturated heterocycles. The van der Waals surface area contributed by atoms with Gasteiger partial charge in [0.2, 0.25) is 0 Å². The molecule has 0 aliphatic carbocycles. The topological polar surface area (TPSA) is 113 Å². The Morgan fingerprint density at radius 1 is 1.25 bits per heavy atom. The fourth-order valence-corrected chi connectivity index (χ4v) is 0.112. The van der Waals surface area contributed by atoms with Crippen LogP contribution >= 0.6 is 0 Å². The first-order valence-corrected chi connectivity index (χ1v) is 4.16. The van der Waals surface area contributed by atoms with Crippen LogP contribution in [0, 0.1) is 4.91 Å². The van der Waals surface area contributed by atoms with Gasteiger partial charge in [-0.2, -0.15) is 8.42 Å². The molecule has 0 heterocycles. The molecule has 8 heteroatoms. The molecule has 0 aromatic carbocycles. The van der Waals surface area contributed by atoms with E-state index >= 15 is 0 Å². The van der Waals surface area contributed by atoms with Crippen LogP contribution in [0.2, 0.25) is 0 Å². The maximum absolute atomic E-state index is 9.35. The highest BCUT2D eigenvalue weighted by atomic mass is 32.3. The van der Waals surface area contributed by atoms with Gasteiger partial charge in [-0.3, -0.25) is 9.11 Å². The largest absolute Gasteiger partial charge is 0.394 e. The molecule has 0 fully saturated rings. The van der Waals surface area contributed by atoms with Crippen molar-refractivity contribution in [2.45, 2.75) is 26.4 Å². The summed E-state index contributed by atoms with van der Waals surface area (Å²) in [5, 5.41) is 2.26. The minimum Gasteiger partial charge on any atom is -0.358 e. The van der Waals surface area contributed by atoms with Gasteiger partial charge < -0.3 is 4.84 Å². The molecule has 0 bridgehead atoms. The lowest BCUT2D eigenvalue weighted by Gasteiger charge is -2.11. The molecule has 0 spiro atoms. The Balaban J connectivity index is 0. The summed E-state index contributed by atoms with van der Waals surface area (Å²) in [4.78, 5) is 13.6. The molecule has 0 saturated carbocycles. The summed E-state index contributed by atoms with van der Waals surface area (Å²) >= 11 is 0. The summed E-state index contributed by atoms with van der Waals surface area (Å²) in [5.74, 6) is 0. The van der Waals surface area contributed by atoms with Crippen molar-refractivity contribution in [3.63, 3.8) is 0 Å². The molecule has 7 nitrogen and oxygen atoms in total. The zero-order valence-electron chi connectivity index (χ0n) is 6.88. The highest BCUT2D eigenvalue weighted by Gasteiger charge is 2.09. The third-order valence-electron chi connectivity index (χ3n) is 0.311. The van der Waals surface area contributed by atoms with Crippen LogP contribution in [-0.2, 0) is 15.2 Å². The molecule has 0 atom stereocenters. The van der Waals surface area contributed by atoms with Crippen LogP contribution in [0.25, 0.3) is 0 Å². The van der Waals surface area contributed by atoms with Crippen LogP contribution in [0.4, 0.5) is 0 Å². The van der Waals surface area contributed by atoms with Crippen molar-refractivity contribution in [3.05, 3.63) is 4.91 Å². The van der Waals surface area contributed by atoms with E-state index in [4.69, 9.17) is 17.5 Å². The normalized spacial score (nSPS) is 11.1. The molecule has 0 aromatic rings. The summed E-state index contributed by atoms with van der Waals surface area (Å²) < 4.78 is 31.6. The highest BCUT2D eigenvalue weighted by molar-refractivity contribution is 7.79. The van der Waals surface area contributed by atoms with Crippen molar-refractivity contribution in [2.75, 3.05) is 0 Å². The first-order valence-electron chi connectivity index (χ1n) is 2.77. The van der Waals surface area contributed by atoms with Crippen molar-refractivity contribution >= 4 is 10.4 Å². The summed E-state index contributed by atoms with van der Waals surface area (Å²) in [5.41, 5.74) is -0.429. The van der Waals surface area contributed by atoms with Crippen LogP contribution in [-0.4, -0.2) is 23.1 Å². The lowest BCUT2D eigenvalue weighted by atomic mass is 10.2. The Kier molecular flexibility index (Phi) is 5.78. The SMILES string of the molecule is CC(C)(C)ON=O.O=S(=O)(O)O. The first-order chi connectivity index (χ1) is 5.06. The van der Waals surface area contributed by atoms with Crippen molar-refractivity contribution in [1.29, 1.82) is 0 Å². The van der Waals surface area contributed by atoms with Gasteiger partial charge in [-0.05, 0) is 20.8 Å². The summed E-state index contributed by atoms with van der Waals surface area (Å²) in [6, 6.07) is 0. The Morgan fingerprint density at radius 3 is 1.50 bits per heavy atom. The highest BCUT2D eigenvalue weighted by Crippen LogP contribution is 2.05. The number of nitrogens with zero attached hydrogens (tertiary/aromatic N) is 1. The Labute approximate surface area is 70.2 Å². The molecule has 74 valence electrons. The minimum atomic E-state index is -4.67. The second kappa shape index (κ2) is 5.01. The fourth-order valence-electron chi connectivity index (χ4n) is 0.112. The third kappa shape index (κ3) is 59.3. The van der Waals surface area contributed by atoms with Gasteiger partial charge >= 0.3 is 10.4 Å². The van der Waals surface area contributed by atoms with E-state index in [9.17, 15) is 4.91 Å². The van der Waals surface area contributed by atoms with E-state index in [1.165, 1.54) is 0 Å². The van der Waals surface area contributed by atoms with Gasteiger partial charge in [0.1, 0.15) is 5.60 Å². The van der Waals surface area contributed by atoms with E-state index in [0.29, 0.717) is 0 Å². The second-order valence-electron chi connectivity index (χ2n) is 2.73. The van der Waals surface area contributed by atoms with Gasteiger partial charge in [0.25, 0.3) is 0 Å². The predicted octanol–water partition coefficient (Wildman–Crippen LogP) is 0.830. The van der Waals surface area contributed by atoms with Crippen molar-refractivity contribution in [1.82, 2.24) is 0 Å². The first kappa shape index (κ1) is 13.8. The standard InChI is InChI=1S/C4H9NO2.H2O4S/c1-4(2,3)7-5-6;1-5(2,3)4/h1-3H3;(H2,1,2,3,4). The van der Waals surface area contributed by atoms with Crippen LogP contribution in [0.5, 0.6) is 0 Å². The smallest absolute Gasteiger partial charge is 0.358 e. The third-order valence-corrected chi connectivity index (χ3v) is 0.311. The van der Waals surface area contributed by atoms with Crippen molar-refractivity contribution in [3.8, 4) is 0 Å². The van der Waals surface area contributed by atoms with E-state index in [0.717, 1.165) is 0 Å². The van der Waals surface area contributed by atoms with Crippen LogP contribution in [0.15, 0.2) is 5.34 Å². The average Bonchev–Trinajstić information content (AvgIpc) is 1.54. The van der Waals surface area contributed by atoms with Gasteiger partial charge in [0.05, 0.1) is 0 Å². The monoisotopic (exact) mass is 201 g/mol. The minimum absolute atomic E-state index is 0.429. The number of hydrogen-bond acceptors (Lipinski definition) is 5. The van der Waals surface area contributed by atoms with Gasteiger partial charge in [-0.1, -0.05) is 0 Å². The van der Waals surface area contributed by atoms with Crippen LogP contribution < -0.4 is 0 Å². The predicted molar refractivity (Wildman–Crippen MR) is 40.8 cm³/mol. The maximum atomic E-state index is 9.35. The fraction of sp³-hybridized carbons (Fsp3) is 1.00. The lowest BCUT2D eigenvalue weighted by molar-refractivity contribution is -0.00229. The number of hydrogen-bond donors (Lipinski definition) is 2. The lowest BCUT2D eigenvalue weighted by Crippen LogP contribution is -2.14. The molecule has 0 rings (SSSR count). The van der Waals surface area contributed by atoms with Gasteiger partial charge in [-0.25, -0.2) is 0 Å². The molecule has 12 heavy (non-hydrogen) atoms. The van der Waals surface area contributed by atoms with E-state index in [-0.39, 0.29) is 0 Å². The Morgan fingerprint density at radius 2 is 1.50 bits per heavy atom. The van der Waals surface area contributed by atoms with Crippen LogP contribution in [0.1, 0.15) is 20.8 Å². The van der Waals surface area contributed by atoms with Gasteiger partial charge in [0, 0.05) is 0 Å². The average molecular weight is 201 g/mol. The van der Waals surface area contributed by atoms with E-state index in [2.05, 4.69) is 10.2 Å². The number of rotatable bonds is 1. The van der Waals surface area contributed by atoms with Crippen molar-refractivity contribution < 1.29 is 22.4 Å². The molecular weight excluding hydrogens is 190 g/mol.